The molecule has 0 spiro atoms. The van der Waals surface area contributed by atoms with Gasteiger partial charge in [-0.15, -0.1) is 0 Å². The van der Waals surface area contributed by atoms with Crippen molar-refractivity contribution in [1.29, 1.82) is 0 Å². The molecule has 0 bridgehead atoms. The van der Waals surface area contributed by atoms with Crippen molar-refractivity contribution in [3.8, 4) is 0 Å². The summed E-state index contributed by atoms with van der Waals surface area (Å²) in [6.07, 6.45) is 1.47. The summed E-state index contributed by atoms with van der Waals surface area (Å²) in [5, 5.41) is 0.463. The minimum Gasteiger partial charge on any atom is -0.460 e. The number of pyridine rings is 1. The summed E-state index contributed by atoms with van der Waals surface area (Å²) < 4.78 is 18.0. The molecule has 18 heavy (non-hydrogen) atoms. The molecule has 0 aliphatic heterocycles. The van der Waals surface area contributed by atoms with E-state index in [4.69, 9.17) is 0 Å². The lowest BCUT2D eigenvalue weighted by Crippen LogP contribution is -2.18. The molecule has 0 amide bonds. The Morgan fingerprint density at radius 3 is 2.89 bits per heavy atom. The van der Waals surface area contributed by atoms with Gasteiger partial charge in [0.15, 0.2) is 0 Å². The van der Waals surface area contributed by atoms with Crippen molar-refractivity contribution < 1.29 is 18.7 Å². The first-order valence-electron chi connectivity index (χ1n) is 5.39. The van der Waals surface area contributed by atoms with Gasteiger partial charge in [0, 0.05) is 11.6 Å². The molecule has 2 rings (SSSR count). The van der Waals surface area contributed by atoms with Crippen molar-refractivity contribution >= 4 is 22.7 Å². The van der Waals surface area contributed by atoms with Crippen LogP contribution < -0.4 is 0 Å². The number of Topliss-reactive ketones (excluding diaryl/α,β-unsaturated/α-hetero) is 1. The van der Waals surface area contributed by atoms with Crippen LogP contribution in [-0.2, 0) is 9.53 Å². The lowest BCUT2D eigenvalue weighted by atomic mass is 10.1. The fourth-order valence-electron chi connectivity index (χ4n) is 1.64. The third-order valence-corrected chi connectivity index (χ3v) is 2.38. The average molecular weight is 247 g/mol. The molecule has 1 aromatic carbocycles. The number of rotatable bonds is 3. The number of halogens is 1. The molecule has 2 aromatic rings. The van der Waals surface area contributed by atoms with Crippen molar-refractivity contribution in [3.63, 3.8) is 0 Å². The van der Waals surface area contributed by atoms with E-state index >= 15 is 0 Å². The van der Waals surface area contributed by atoms with Crippen molar-refractivity contribution in [1.82, 2.24) is 4.98 Å². The van der Waals surface area contributed by atoms with Gasteiger partial charge in [-0.05, 0) is 25.1 Å². The van der Waals surface area contributed by atoms with E-state index in [-0.39, 0.29) is 17.7 Å². The first-order chi connectivity index (χ1) is 8.63. The number of ketones is 1. The molecule has 1 aromatic heterocycles. The molecule has 1 heterocycles. The number of fused-ring (bicyclic) bond motifs is 1. The third-order valence-electron chi connectivity index (χ3n) is 2.38. The van der Waals surface area contributed by atoms with E-state index < -0.39 is 17.6 Å². The molecular weight excluding hydrogens is 237 g/mol. The maximum absolute atomic E-state index is 13.4. The second kappa shape index (κ2) is 4.91. The van der Waals surface area contributed by atoms with Crippen molar-refractivity contribution in [2.45, 2.75) is 6.92 Å². The smallest absolute Gasteiger partial charge is 0.379 e. The van der Waals surface area contributed by atoms with E-state index in [1.807, 2.05) is 0 Å². The van der Waals surface area contributed by atoms with E-state index in [9.17, 15) is 14.0 Å². The SMILES string of the molecule is CCOC(=O)C(=O)c1cc(F)cc2cccnc12. The standard InChI is InChI=1S/C13H10FNO3/c1-2-18-13(17)12(16)10-7-9(14)6-8-4-3-5-15-11(8)10/h3-7H,2H2,1H3. The maximum Gasteiger partial charge on any atom is 0.379 e. The van der Waals surface area contributed by atoms with Gasteiger partial charge in [0.05, 0.1) is 17.7 Å². The molecular formula is C13H10FNO3. The fourth-order valence-corrected chi connectivity index (χ4v) is 1.64. The second-order valence-corrected chi connectivity index (χ2v) is 3.58. The first kappa shape index (κ1) is 12.2. The average Bonchev–Trinajstić information content (AvgIpc) is 2.37. The number of hydrogen-bond donors (Lipinski definition) is 0. The normalized spacial score (nSPS) is 10.3. The van der Waals surface area contributed by atoms with Gasteiger partial charge in [0.2, 0.25) is 0 Å². The zero-order chi connectivity index (χ0) is 13.1. The minimum atomic E-state index is -1.00. The zero-order valence-electron chi connectivity index (χ0n) is 9.64. The van der Waals surface area contributed by atoms with Crippen LogP contribution in [0, 0.1) is 5.82 Å². The summed E-state index contributed by atoms with van der Waals surface area (Å²) in [6, 6.07) is 5.49. The monoisotopic (exact) mass is 247 g/mol. The third kappa shape index (κ3) is 2.20. The molecule has 0 radical (unpaired) electrons. The number of aromatic nitrogens is 1. The van der Waals surface area contributed by atoms with Gasteiger partial charge < -0.3 is 4.74 Å². The molecule has 92 valence electrons. The summed E-state index contributed by atoms with van der Waals surface area (Å²) in [5.41, 5.74) is 0.209. The quantitative estimate of drug-likeness (QED) is 0.473. The number of carbonyl (C=O) groups is 2. The van der Waals surface area contributed by atoms with Crippen LogP contribution in [0.15, 0.2) is 30.5 Å². The van der Waals surface area contributed by atoms with Gasteiger partial charge in [0.25, 0.3) is 5.78 Å². The van der Waals surface area contributed by atoms with Crippen LogP contribution in [0.3, 0.4) is 0 Å². The van der Waals surface area contributed by atoms with Gasteiger partial charge in [-0.1, -0.05) is 6.07 Å². The molecule has 0 N–H and O–H groups in total. The predicted molar refractivity (Wildman–Crippen MR) is 62.7 cm³/mol. The number of nitrogens with zero attached hydrogens (tertiary/aromatic N) is 1. The van der Waals surface area contributed by atoms with E-state index in [1.54, 1.807) is 19.1 Å². The Balaban J connectivity index is 2.56. The number of ether oxygens (including phenoxy) is 1. The lowest BCUT2D eigenvalue weighted by molar-refractivity contribution is -0.137. The molecule has 0 saturated carbocycles. The van der Waals surface area contributed by atoms with Crippen molar-refractivity contribution in [3.05, 3.63) is 41.8 Å². The van der Waals surface area contributed by atoms with Crippen LogP contribution in [0.25, 0.3) is 10.9 Å². The van der Waals surface area contributed by atoms with Gasteiger partial charge in [-0.3, -0.25) is 9.78 Å². The summed E-state index contributed by atoms with van der Waals surface area (Å²) in [4.78, 5) is 27.2. The molecule has 0 aliphatic carbocycles. The molecule has 5 heteroatoms. The highest BCUT2D eigenvalue weighted by atomic mass is 19.1. The number of hydrogen-bond acceptors (Lipinski definition) is 4. The summed E-state index contributed by atoms with van der Waals surface area (Å²) in [7, 11) is 0. The van der Waals surface area contributed by atoms with Crippen LogP contribution in [-0.4, -0.2) is 23.3 Å². The molecule has 0 aliphatic rings. The number of benzene rings is 1. The van der Waals surface area contributed by atoms with E-state index in [0.717, 1.165) is 6.07 Å². The predicted octanol–water partition coefficient (Wildman–Crippen LogP) is 2.12. The van der Waals surface area contributed by atoms with Gasteiger partial charge in [-0.2, -0.15) is 0 Å². The number of carbonyl (C=O) groups excluding carboxylic acids is 2. The minimum absolute atomic E-state index is 0.0796. The van der Waals surface area contributed by atoms with E-state index in [1.165, 1.54) is 12.3 Å². The number of esters is 1. The Morgan fingerprint density at radius 2 is 2.17 bits per heavy atom. The fraction of sp³-hybridized carbons (Fsp3) is 0.154. The Bertz CT molecular complexity index is 625. The molecule has 0 saturated heterocycles. The highest BCUT2D eigenvalue weighted by Crippen LogP contribution is 2.19. The highest BCUT2D eigenvalue weighted by molar-refractivity contribution is 6.42. The van der Waals surface area contributed by atoms with Crippen LogP contribution >= 0.6 is 0 Å². The maximum atomic E-state index is 13.4. The van der Waals surface area contributed by atoms with Crippen molar-refractivity contribution in [2.75, 3.05) is 6.61 Å². The highest BCUT2D eigenvalue weighted by Gasteiger charge is 2.21. The van der Waals surface area contributed by atoms with Gasteiger partial charge >= 0.3 is 5.97 Å². The Morgan fingerprint density at radius 1 is 1.39 bits per heavy atom. The molecule has 0 unspecified atom stereocenters. The Hall–Kier alpha value is -2.30. The summed E-state index contributed by atoms with van der Waals surface area (Å²) >= 11 is 0. The Kier molecular flexibility index (Phi) is 3.32. The van der Waals surface area contributed by atoms with Crippen LogP contribution in [0.1, 0.15) is 17.3 Å². The zero-order valence-corrected chi connectivity index (χ0v) is 9.64. The van der Waals surface area contributed by atoms with Gasteiger partial charge in [0.1, 0.15) is 5.82 Å². The van der Waals surface area contributed by atoms with Gasteiger partial charge in [-0.25, -0.2) is 9.18 Å². The van der Waals surface area contributed by atoms with Crippen molar-refractivity contribution in [2.24, 2.45) is 0 Å². The molecule has 0 atom stereocenters. The van der Waals surface area contributed by atoms with E-state index in [2.05, 4.69) is 9.72 Å². The molecule has 4 nitrogen and oxygen atoms in total. The lowest BCUT2D eigenvalue weighted by Gasteiger charge is -2.05. The topological polar surface area (TPSA) is 56.3 Å². The second-order valence-electron chi connectivity index (χ2n) is 3.58. The van der Waals surface area contributed by atoms with Crippen LogP contribution in [0.5, 0.6) is 0 Å². The summed E-state index contributed by atoms with van der Waals surface area (Å²) in [6.45, 7) is 1.68. The largest absolute Gasteiger partial charge is 0.460 e. The van der Waals surface area contributed by atoms with Crippen LogP contribution in [0.4, 0.5) is 4.39 Å². The Labute approximate surface area is 102 Å². The van der Waals surface area contributed by atoms with Crippen LogP contribution in [0.2, 0.25) is 0 Å². The van der Waals surface area contributed by atoms with E-state index in [0.29, 0.717) is 5.39 Å². The molecule has 0 fully saturated rings. The summed E-state index contributed by atoms with van der Waals surface area (Å²) in [5.74, 6) is -2.49. The first-order valence-corrected chi connectivity index (χ1v) is 5.39.